The molecule has 0 aliphatic rings. The number of carbonyl (C=O) groups excluding carboxylic acids is 1. The minimum absolute atomic E-state index is 0.000635. The molecule has 1 atom stereocenters. The summed E-state index contributed by atoms with van der Waals surface area (Å²) in [4.78, 5) is 25.3. The number of hydrogen-bond acceptors (Lipinski definition) is 2. The van der Waals surface area contributed by atoms with Crippen molar-refractivity contribution in [2.24, 2.45) is 0 Å². The van der Waals surface area contributed by atoms with E-state index in [2.05, 4.69) is 10.3 Å². The van der Waals surface area contributed by atoms with Crippen LogP contribution < -0.4 is 5.32 Å². The van der Waals surface area contributed by atoms with Crippen LogP contribution in [0.2, 0.25) is 0 Å². The molecule has 6 heteroatoms. The van der Waals surface area contributed by atoms with Gasteiger partial charge in [0.1, 0.15) is 11.5 Å². The van der Waals surface area contributed by atoms with Crippen molar-refractivity contribution in [3.8, 4) is 0 Å². The number of halogens is 1. The van der Waals surface area contributed by atoms with Crippen LogP contribution in [0.25, 0.3) is 10.9 Å². The fourth-order valence-electron chi connectivity index (χ4n) is 1.94. The molecule has 0 saturated carbocycles. The fourth-order valence-corrected chi connectivity index (χ4v) is 1.94. The lowest BCUT2D eigenvalue weighted by atomic mass is 10.2. The van der Waals surface area contributed by atoms with E-state index in [0.717, 1.165) is 0 Å². The molecule has 0 aliphatic heterocycles. The van der Waals surface area contributed by atoms with E-state index in [-0.39, 0.29) is 24.2 Å². The van der Waals surface area contributed by atoms with Crippen LogP contribution in [0.15, 0.2) is 24.3 Å². The Morgan fingerprint density at radius 2 is 2.15 bits per heavy atom. The summed E-state index contributed by atoms with van der Waals surface area (Å²) in [7, 11) is 0. The number of rotatable bonds is 5. The molecule has 3 N–H and O–H groups in total. The maximum atomic E-state index is 13.1. The van der Waals surface area contributed by atoms with Crippen LogP contribution in [0.4, 0.5) is 4.39 Å². The van der Waals surface area contributed by atoms with Gasteiger partial charge in [0, 0.05) is 23.4 Å². The molecule has 0 radical (unpaired) electrons. The highest BCUT2D eigenvalue weighted by Crippen LogP contribution is 2.16. The molecule has 1 heterocycles. The topological polar surface area (TPSA) is 82.2 Å². The average molecular weight is 278 g/mol. The van der Waals surface area contributed by atoms with E-state index < -0.39 is 5.97 Å². The number of amides is 1. The van der Waals surface area contributed by atoms with Crippen molar-refractivity contribution < 1.29 is 19.1 Å². The Labute approximate surface area is 114 Å². The van der Waals surface area contributed by atoms with Gasteiger partial charge in [-0.3, -0.25) is 9.59 Å². The Bertz CT molecular complexity index is 651. The zero-order chi connectivity index (χ0) is 14.7. The molecule has 20 heavy (non-hydrogen) atoms. The maximum absolute atomic E-state index is 13.1. The summed E-state index contributed by atoms with van der Waals surface area (Å²) >= 11 is 0. The van der Waals surface area contributed by atoms with Crippen molar-refractivity contribution in [1.82, 2.24) is 10.3 Å². The zero-order valence-corrected chi connectivity index (χ0v) is 10.9. The molecule has 2 aromatic rings. The highest BCUT2D eigenvalue weighted by molar-refractivity contribution is 5.98. The minimum Gasteiger partial charge on any atom is -0.481 e. The zero-order valence-electron chi connectivity index (χ0n) is 10.9. The van der Waals surface area contributed by atoms with Gasteiger partial charge in [-0.05, 0) is 37.6 Å². The van der Waals surface area contributed by atoms with E-state index >= 15 is 0 Å². The molecule has 0 spiro atoms. The SMILES string of the molecule is CC(CCC(=O)O)NC(=O)c1cc2cc(F)ccc2[nH]1. The summed E-state index contributed by atoms with van der Waals surface area (Å²) in [6.45, 7) is 1.74. The second-order valence-electron chi connectivity index (χ2n) is 4.72. The summed E-state index contributed by atoms with van der Waals surface area (Å²) < 4.78 is 13.1. The number of aromatic amines is 1. The molecule has 5 nitrogen and oxygen atoms in total. The van der Waals surface area contributed by atoms with Gasteiger partial charge in [0.25, 0.3) is 5.91 Å². The van der Waals surface area contributed by atoms with Gasteiger partial charge in [-0.15, -0.1) is 0 Å². The van der Waals surface area contributed by atoms with Gasteiger partial charge in [0.05, 0.1) is 0 Å². The molecule has 0 aliphatic carbocycles. The van der Waals surface area contributed by atoms with Gasteiger partial charge in [-0.25, -0.2) is 4.39 Å². The number of nitrogens with one attached hydrogen (secondary N) is 2. The highest BCUT2D eigenvalue weighted by Gasteiger charge is 2.13. The van der Waals surface area contributed by atoms with Crippen molar-refractivity contribution in [3.63, 3.8) is 0 Å². The third-order valence-electron chi connectivity index (χ3n) is 3.00. The fraction of sp³-hybridized carbons (Fsp3) is 0.286. The predicted molar refractivity (Wildman–Crippen MR) is 72.1 cm³/mol. The van der Waals surface area contributed by atoms with Crippen molar-refractivity contribution in [1.29, 1.82) is 0 Å². The normalized spacial score (nSPS) is 12.3. The quantitative estimate of drug-likeness (QED) is 0.784. The summed E-state index contributed by atoms with van der Waals surface area (Å²) in [5.74, 6) is -1.59. The smallest absolute Gasteiger partial charge is 0.303 e. The Morgan fingerprint density at radius 1 is 1.40 bits per heavy atom. The molecule has 1 aromatic heterocycles. The van der Waals surface area contributed by atoms with Gasteiger partial charge < -0.3 is 15.4 Å². The molecule has 1 aromatic carbocycles. The molecular weight excluding hydrogens is 263 g/mol. The summed E-state index contributed by atoms with van der Waals surface area (Å²) in [5.41, 5.74) is 1.00. The van der Waals surface area contributed by atoms with Crippen LogP contribution in [0.1, 0.15) is 30.3 Å². The van der Waals surface area contributed by atoms with Crippen molar-refractivity contribution in [2.75, 3.05) is 0 Å². The first-order valence-electron chi connectivity index (χ1n) is 6.26. The maximum Gasteiger partial charge on any atom is 0.303 e. The number of hydrogen-bond donors (Lipinski definition) is 3. The van der Waals surface area contributed by atoms with E-state index in [9.17, 15) is 14.0 Å². The molecule has 2 rings (SSSR count). The summed E-state index contributed by atoms with van der Waals surface area (Å²) in [5, 5.41) is 11.9. The third kappa shape index (κ3) is 3.34. The van der Waals surface area contributed by atoms with Gasteiger partial charge in [-0.2, -0.15) is 0 Å². The lowest BCUT2D eigenvalue weighted by molar-refractivity contribution is -0.137. The van der Waals surface area contributed by atoms with Crippen LogP contribution in [0.3, 0.4) is 0 Å². The summed E-state index contributed by atoms with van der Waals surface area (Å²) in [6, 6.07) is 5.54. The lowest BCUT2D eigenvalue weighted by Gasteiger charge is -2.11. The summed E-state index contributed by atoms with van der Waals surface area (Å²) in [6.07, 6.45) is 0.356. The van der Waals surface area contributed by atoms with Crippen LogP contribution >= 0.6 is 0 Å². The molecule has 1 amide bonds. The first-order valence-corrected chi connectivity index (χ1v) is 6.26. The van der Waals surface area contributed by atoms with Crippen molar-refractivity contribution in [3.05, 3.63) is 35.8 Å². The molecule has 106 valence electrons. The first-order chi connectivity index (χ1) is 9.45. The van der Waals surface area contributed by atoms with E-state index in [1.165, 1.54) is 12.1 Å². The van der Waals surface area contributed by atoms with Crippen molar-refractivity contribution in [2.45, 2.75) is 25.8 Å². The van der Waals surface area contributed by atoms with E-state index in [0.29, 0.717) is 23.0 Å². The molecule has 1 unspecified atom stereocenters. The second kappa shape index (κ2) is 5.73. The third-order valence-corrected chi connectivity index (χ3v) is 3.00. The van der Waals surface area contributed by atoms with Crippen molar-refractivity contribution >= 4 is 22.8 Å². The van der Waals surface area contributed by atoms with E-state index in [1.54, 1.807) is 19.1 Å². The standard InChI is InChI=1S/C14H15FN2O3/c1-8(2-5-13(18)19)16-14(20)12-7-9-6-10(15)3-4-11(9)17-12/h3-4,6-8,17H,2,5H2,1H3,(H,16,20)(H,18,19). The molecule has 0 fully saturated rings. The van der Waals surface area contributed by atoms with Crippen LogP contribution in [-0.2, 0) is 4.79 Å². The lowest BCUT2D eigenvalue weighted by Crippen LogP contribution is -2.33. The van der Waals surface area contributed by atoms with Gasteiger partial charge >= 0.3 is 5.97 Å². The average Bonchev–Trinajstić information content (AvgIpc) is 2.79. The van der Waals surface area contributed by atoms with Crippen LogP contribution in [0.5, 0.6) is 0 Å². The van der Waals surface area contributed by atoms with Gasteiger partial charge in [0.15, 0.2) is 0 Å². The van der Waals surface area contributed by atoms with E-state index in [1.807, 2.05) is 0 Å². The second-order valence-corrected chi connectivity index (χ2v) is 4.72. The number of aliphatic carboxylic acids is 1. The Hall–Kier alpha value is -2.37. The largest absolute Gasteiger partial charge is 0.481 e. The number of carboxylic acids is 1. The number of carboxylic acid groups (broad SMARTS) is 1. The molecule has 0 saturated heterocycles. The van der Waals surface area contributed by atoms with Crippen LogP contribution in [0, 0.1) is 5.82 Å². The van der Waals surface area contributed by atoms with Gasteiger partial charge in [0.2, 0.25) is 0 Å². The Morgan fingerprint density at radius 3 is 2.85 bits per heavy atom. The number of aromatic nitrogens is 1. The number of H-pyrrole nitrogens is 1. The monoisotopic (exact) mass is 278 g/mol. The Balaban J connectivity index is 2.05. The molecule has 0 bridgehead atoms. The van der Waals surface area contributed by atoms with E-state index in [4.69, 9.17) is 5.11 Å². The Kier molecular flexibility index (Phi) is 4.02. The minimum atomic E-state index is -0.896. The predicted octanol–water partition coefficient (Wildman–Crippen LogP) is 2.29. The van der Waals surface area contributed by atoms with Gasteiger partial charge in [-0.1, -0.05) is 0 Å². The highest BCUT2D eigenvalue weighted by atomic mass is 19.1. The first kappa shape index (κ1) is 14.0. The molecular formula is C14H15FN2O3. The number of benzene rings is 1. The number of fused-ring (bicyclic) bond motifs is 1. The number of carbonyl (C=O) groups is 2. The van der Waals surface area contributed by atoms with Crippen LogP contribution in [-0.4, -0.2) is 28.0 Å².